The van der Waals surface area contributed by atoms with Gasteiger partial charge in [-0.25, -0.2) is 0 Å². The monoisotopic (exact) mass is 298 g/mol. The summed E-state index contributed by atoms with van der Waals surface area (Å²) in [6, 6.07) is 8.08. The van der Waals surface area contributed by atoms with Crippen LogP contribution in [0.1, 0.15) is 31.4 Å². The molecule has 0 amide bonds. The van der Waals surface area contributed by atoms with E-state index in [1.54, 1.807) is 0 Å². The third-order valence-electron chi connectivity index (χ3n) is 2.97. The largest absolute Gasteiger partial charge is 0.468 e. The number of benzene rings is 1. The van der Waals surface area contributed by atoms with Crippen LogP contribution in [0.5, 0.6) is 0 Å². The van der Waals surface area contributed by atoms with Gasteiger partial charge >= 0.3 is 5.97 Å². The molecule has 0 saturated carbocycles. The maximum atomic E-state index is 11.8. The fourth-order valence-corrected chi connectivity index (χ4v) is 2.25. The summed E-state index contributed by atoms with van der Waals surface area (Å²) >= 11 is 3.43. The van der Waals surface area contributed by atoms with E-state index in [9.17, 15) is 4.79 Å². The molecular weight excluding hydrogens is 280 g/mol. The van der Waals surface area contributed by atoms with E-state index in [-0.39, 0.29) is 5.97 Å². The van der Waals surface area contributed by atoms with Crippen molar-refractivity contribution in [2.75, 3.05) is 12.4 Å². The number of carbonyl (C=O) groups is 1. The van der Waals surface area contributed by atoms with Gasteiger partial charge in [0.15, 0.2) is 0 Å². The lowest BCUT2D eigenvalue weighted by atomic mass is 9.81. The molecule has 0 aromatic heterocycles. The van der Waals surface area contributed by atoms with Crippen molar-refractivity contribution in [1.29, 1.82) is 0 Å². The van der Waals surface area contributed by atoms with Gasteiger partial charge in [0.25, 0.3) is 0 Å². The second-order valence-corrected chi connectivity index (χ2v) is 5.36. The molecule has 94 valence electrons. The lowest BCUT2D eigenvalue weighted by Gasteiger charge is -2.24. The first-order valence-corrected chi connectivity index (χ1v) is 6.89. The minimum Gasteiger partial charge on any atom is -0.468 e. The Morgan fingerprint density at radius 1 is 1.35 bits per heavy atom. The molecule has 2 nitrogen and oxygen atoms in total. The molecule has 0 unspecified atom stereocenters. The number of hydrogen-bond acceptors (Lipinski definition) is 2. The van der Waals surface area contributed by atoms with Crippen LogP contribution in [0.3, 0.4) is 0 Å². The lowest BCUT2D eigenvalue weighted by molar-refractivity contribution is -0.146. The highest BCUT2D eigenvalue weighted by atomic mass is 79.9. The SMILES string of the molecule is COC(=O)C(C)(C)c1ccccc1CCCBr. The van der Waals surface area contributed by atoms with E-state index in [0.29, 0.717) is 0 Å². The number of aryl methyl sites for hydroxylation is 1. The zero-order valence-corrected chi connectivity index (χ0v) is 12.2. The van der Waals surface area contributed by atoms with Gasteiger partial charge in [0.05, 0.1) is 12.5 Å². The Labute approximate surface area is 111 Å². The van der Waals surface area contributed by atoms with Gasteiger partial charge in [0, 0.05) is 5.33 Å². The fourth-order valence-electron chi connectivity index (χ4n) is 1.97. The van der Waals surface area contributed by atoms with Crippen LogP contribution < -0.4 is 0 Å². The molecule has 0 heterocycles. The van der Waals surface area contributed by atoms with Crippen molar-refractivity contribution in [1.82, 2.24) is 0 Å². The molecule has 0 fully saturated rings. The van der Waals surface area contributed by atoms with E-state index < -0.39 is 5.41 Å². The Hall–Kier alpha value is -0.830. The second-order valence-electron chi connectivity index (χ2n) is 4.57. The molecule has 1 rings (SSSR count). The first-order valence-electron chi connectivity index (χ1n) is 5.76. The number of methoxy groups -OCH3 is 1. The average Bonchev–Trinajstić information content (AvgIpc) is 2.35. The van der Waals surface area contributed by atoms with Crippen LogP contribution in [0.4, 0.5) is 0 Å². The minimum atomic E-state index is -0.586. The summed E-state index contributed by atoms with van der Waals surface area (Å²) in [5.74, 6) is -0.191. The van der Waals surface area contributed by atoms with Gasteiger partial charge in [-0.1, -0.05) is 40.2 Å². The van der Waals surface area contributed by atoms with E-state index in [4.69, 9.17) is 4.74 Å². The molecule has 0 spiro atoms. The predicted octanol–water partition coefficient (Wildman–Crippen LogP) is 3.46. The molecule has 17 heavy (non-hydrogen) atoms. The number of esters is 1. The molecule has 0 aliphatic heterocycles. The van der Waals surface area contributed by atoms with Crippen molar-refractivity contribution >= 4 is 21.9 Å². The quantitative estimate of drug-likeness (QED) is 0.615. The summed E-state index contributed by atoms with van der Waals surface area (Å²) in [6.07, 6.45) is 2.04. The maximum absolute atomic E-state index is 11.8. The third kappa shape index (κ3) is 3.32. The van der Waals surface area contributed by atoms with Crippen LogP contribution in [-0.2, 0) is 21.4 Å². The molecule has 1 aromatic rings. The lowest BCUT2D eigenvalue weighted by Crippen LogP contribution is -2.31. The Kier molecular flexibility index (Phi) is 5.19. The summed E-state index contributed by atoms with van der Waals surface area (Å²) in [4.78, 5) is 11.8. The number of hydrogen-bond donors (Lipinski definition) is 0. The molecule has 0 aliphatic rings. The maximum Gasteiger partial charge on any atom is 0.315 e. The number of ether oxygens (including phenoxy) is 1. The van der Waals surface area contributed by atoms with Gasteiger partial charge in [-0.15, -0.1) is 0 Å². The fraction of sp³-hybridized carbons (Fsp3) is 0.500. The second kappa shape index (κ2) is 6.20. The van der Waals surface area contributed by atoms with Crippen molar-refractivity contribution < 1.29 is 9.53 Å². The van der Waals surface area contributed by atoms with Gasteiger partial charge in [-0.3, -0.25) is 4.79 Å². The zero-order chi connectivity index (χ0) is 12.9. The predicted molar refractivity (Wildman–Crippen MR) is 73.6 cm³/mol. The Morgan fingerprint density at radius 2 is 2.00 bits per heavy atom. The topological polar surface area (TPSA) is 26.3 Å². The number of alkyl halides is 1. The number of carbonyl (C=O) groups excluding carboxylic acids is 1. The van der Waals surface area contributed by atoms with Crippen LogP contribution in [-0.4, -0.2) is 18.4 Å². The smallest absolute Gasteiger partial charge is 0.315 e. The molecular formula is C14H19BrO2. The van der Waals surface area contributed by atoms with E-state index in [2.05, 4.69) is 22.0 Å². The third-order valence-corrected chi connectivity index (χ3v) is 3.53. The molecule has 0 radical (unpaired) electrons. The van der Waals surface area contributed by atoms with Crippen molar-refractivity contribution in [3.8, 4) is 0 Å². The normalized spacial score (nSPS) is 11.3. The molecule has 0 saturated heterocycles. The van der Waals surface area contributed by atoms with Gasteiger partial charge in [0.1, 0.15) is 0 Å². The van der Waals surface area contributed by atoms with Crippen LogP contribution in [0, 0.1) is 0 Å². The van der Waals surface area contributed by atoms with Gasteiger partial charge in [-0.2, -0.15) is 0 Å². The first kappa shape index (κ1) is 14.2. The van der Waals surface area contributed by atoms with E-state index in [1.807, 2.05) is 32.0 Å². The van der Waals surface area contributed by atoms with Gasteiger partial charge in [-0.05, 0) is 37.8 Å². The molecule has 3 heteroatoms. The summed E-state index contributed by atoms with van der Waals surface area (Å²) in [6.45, 7) is 3.82. The zero-order valence-electron chi connectivity index (χ0n) is 10.6. The summed E-state index contributed by atoms with van der Waals surface area (Å²) < 4.78 is 4.88. The standard InChI is InChI=1S/C14H19BrO2/c1-14(2,13(16)17-3)12-9-5-4-7-11(12)8-6-10-15/h4-5,7,9H,6,8,10H2,1-3H3. The summed E-state index contributed by atoms with van der Waals surface area (Å²) in [5, 5.41) is 0.972. The van der Waals surface area contributed by atoms with Crippen molar-refractivity contribution in [2.45, 2.75) is 32.1 Å². The molecule has 1 aromatic carbocycles. The van der Waals surface area contributed by atoms with Crippen LogP contribution in [0.2, 0.25) is 0 Å². The van der Waals surface area contributed by atoms with Gasteiger partial charge in [0.2, 0.25) is 0 Å². The highest BCUT2D eigenvalue weighted by molar-refractivity contribution is 9.09. The first-order chi connectivity index (χ1) is 8.04. The van der Waals surface area contributed by atoms with Gasteiger partial charge < -0.3 is 4.74 Å². The number of halogens is 1. The van der Waals surface area contributed by atoms with Crippen LogP contribution in [0.15, 0.2) is 24.3 Å². The van der Waals surface area contributed by atoms with E-state index >= 15 is 0 Å². The Bertz CT molecular complexity index is 386. The molecule has 0 bridgehead atoms. The highest BCUT2D eigenvalue weighted by Gasteiger charge is 2.32. The minimum absolute atomic E-state index is 0.191. The van der Waals surface area contributed by atoms with E-state index in [0.717, 1.165) is 23.7 Å². The molecule has 0 atom stereocenters. The van der Waals surface area contributed by atoms with Crippen LogP contribution >= 0.6 is 15.9 Å². The van der Waals surface area contributed by atoms with Crippen molar-refractivity contribution in [2.24, 2.45) is 0 Å². The Balaban J connectivity index is 3.07. The van der Waals surface area contributed by atoms with Crippen LogP contribution in [0.25, 0.3) is 0 Å². The summed E-state index contributed by atoms with van der Waals surface area (Å²) in [7, 11) is 1.44. The molecule has 0 aliphatic carbocycles. The van der Waals surface area contributed by atoms with E-state index in [1.165, 1.54) is 12.7 Å². The number of rotatable bonds is 5. The van der Waals surface area contributed by atoms with Crippen molar-refractivity contribution in [3.05, 3.63) is 35.4 Å². The van der Waals surface area contributed by atoms with Crippen molar-refractivity contribution in [3.63, 3.8) is 0 Å². The Morgan fingerprint density at radius 3 is 2.59 bits per heavy atom. The highest BCUT2D eigenvalue weighted by Crippen LogP contribution is 2.28. The molecule has 0 N–H and O–H groups in total. The summed E-state index contributed by atoms with van der Waals surface area (Å²) in [5.41, 5.74) is 1.70. The average molecular weight is 299 g/mol.